The lowest BCUT2D eigenvalue weighted by molar-refractivity contribution is -0.122. The van der Waals surface area contributed by atoms with E-state index in [1.807, 2.05) is 4.90 Å². The van der Waals surface area contributed by atoms with Crippen LogP contribution in [0, 0.1) is 17.6 Å². The molecule has 166 valence electrons. The Hall–Kier alpha value is -2.06. The number of anilines is 1. The summed E-state index contributed by atoms with van der Waals surface area (Å²) >= 11 is 0. The molecule has 6 nitrogen and oxygen atoms in total. The highest BCUT2D eigenvalue weighted by atomic mass is 19.1. The van der Waals surface area contributed by atoms with E-state index in [0.717, 1.165) is 25.7 Å². The number of hydrogen-bond donors (Lipinski definition) is 2. The number of hydrogen-bond acceptors (Lipinski definition) is 5. The lowest BCUT2D eigenvalue weighted by atomic mass is 9.82. The molecule has 0 aromatic heterocycles. The number of carbonyl (C=O) groups excluding carboxylic acids is 2. The van der Waals surface area contributed by atoms with Crippen molar-refractivity contribution in [3.05, 3.63) is 29.3 Å². The fourth-order valence-corrected chi connectivity index (χ4v) is 4.53. The van der Waals surface area contributed by atoms with Crippen LogP contribution < -0.4 is 10.2 Å². The number of aliphatic hydroxyl groups excluding tert-OH is 1. The Bertz CT molecular complexity index is 732. The monoisotopic (exact) mass is 424 g/mol. The van der Waals surface area contributed by atoms with E-state index in [-0.39, 0.29) is 36.5 Å². The minimum Gasteiger partial charge on any atom is -0.396 e. The molecule has 1 spiro atoms. The van der Waals surface area contributed by atoms with Crippen LogP contribution in [0.2, 0.25) is 0 Å². The Balaban J connectivity index is 1.72. The third-order valence-corrected chi connectivity index (χ3v) is 6.48. The molecule has 0 aliphatic carbocycles. The van der Waals surface area contributed by atoms with E-state index in [9.17, 15) is 23.5 Å². The summed E-state index contributed by atoms with van der Waals surface area (Å²) in [6, 6.07) is 2.55. The maximum Gasteiger partial charge on any atom is 0.227 e. The highest BCUT2D eigenvalue weighted by Crippen LogP contribution is 2.38. The zero-order chi connectivity index (χ0) is 21.7. The van der Waals surface area contributed by atoms with Crippen molar-refractivity contribution < 1.29 is 28.2 Å². The van der Waals surface area contributed by atoms with E-state index in [1.54, 1.807) is 0 Å². The zero-order valence-corrected chi connectivity index (χ0v) is 17.3. The molecule has 2 atom stereocenters. The van der Waals surface area contributed by atoms with Gasteiger partial charge in [-0.2, -0.15) is 0 Å². The number of carbonyl (C=O) groups is 2. The molecule has 0 saturated carbocycles. The average Bonchev–Trinajstić information content (AvgIpc) is 2.76. The van der Waals surface area contributed by atoms with Gasteiger partial charge in [-0.1, -0.05) is 0 Å². The standard InChI is InChI=1S/C22H30F2N2O4/c1-25-21(29)17(3-2-10-27)20-18(23)11-16(12-19(20)24)26-8-6-22(7-9-26)5-4-15(13-28)14-30-22/h10-12,15,17,28H,2-9,13-14H2,1H3,(H,25,29)/t15-,17?/m0/s1. The van der Waals surface area contributed by atoms with Gasteiger partial charge in [0.05, 0.1) is 18.1 Å². The second-order valence-electron chi connectivity index (χ2n) is 8.30. The van der Waals surface area contributed by atoms with Gasteiger partial charge in [0.1, 0.15) is 17.9 Å². The average molecular weight is 424 g/mol. The van der Waals surface area contributed by atoms with Gasteiger partial charge in [0, 0.05) is 50.3 Å². The third kappa shape index (κ3) is 4.81. The van der Waals surface area contributed by atoms with Crippen molar-refractivity contribution in [3.63, 3.8) is 0 Å². The molecule has 2 N–H and O–H groups in total. The second kappa shape index (κ2) is 9.83. The topological polar surface area (TPSA) is 78.9 Å². The molecular weight excluding hydrogens is 394 g/mol. The minimum absolute atomic E-state index is 0.0457. The molecule has 2 saturated heterocycles. The van der Waals surface area contributed by atoms with Crippen molar-refractivity contribution in [3.8, 4) is 0 Å². The predicted octanol–water partition coefficient (Wildman–Crippen LogP) is 2.53. The maximum atomic E-state index is 14.9. The summed E-state index contributed by atoms with van der Waals surface area (Å²) in [5.41, 5.74) is -0.0593. The van der Waals surface area contributed by atoms with Gasteiger partial charge >= 0.3 is 0 Å². The quantitative estimate of drug-likeness (QED) is 0.658. The molecule has 30 heavy (non-hydrogen) atoms. The van der Waals surface area contributed by atoms with Crippen LogP contribution in [-0.4, -0.2) is 56.3 Å². The van der Waals surface area contributed by atoms with Crippen molar-refractivity contribution in [2.24, 2.45) is 5.92 Å². The molecule has 2 aliphatic rings. The molecule has 3 rings (SSSR count). The molecular formula is C22H30F2N2O4. The Morgan fingerprint density at radius 3 is 2.50 bits per heavy atom. The Kier molecular flexibility index (Phi) is 7.41. The Morgan fingerprint density at radius 2 is 2.00 bits per heavy atom. The first kappa shape index (κ1) is 22.6. The lowest BCUT2D eigenvalue weighted by Gasteiger charge is -2.46. The van der Waals surface area contributed by atoms with Crippen LogP contribution in [0.3, 0.4) is 0 Å². The summed E-state index contributed by atoms with van der Waals surface area (Å²) in [4.78, 5) is 24.8. The number of rotatable bonds is 7. The van der Waals surface area contributed by atoms with Gasteiger partial charge < -0.3 is 24.9 Å². The Labute approximate surface area is 175 Å². The number of nitrogens with zero attached hydrogens (tertiary/aromatic N) is 1. The third-order valence-electron chi connectivity index (χ3n) is 6.48. The van der Waals surface area contributed by atoms with Crippen molar-refractivity contribution in [1.29, 1.82) is 0 Å². The molecule has 1 amide bonds. The van der Waals surface area contributed by atoms with Crippen molar-refractivity contribution in [1.82, 2.24) is 5.32 Å². The number of aldehydes is 1. The smallest absolute Gasteiger partial charge is 0.227 e. The summed E-state index contributed by atoms with van der Waals surface area (Å²) in [7, 11) is 1.40. The number of ether oxygens (including phenoxy) is 1. The highest BCUT2D eigenvalue weighted by molar-refractivity contribution is 5.84. The fraction of sp³-hybridized carbons (Fsp3) is 0.636. The van der Waals surface area contributed by atoms with Gasteiger partial charge in [0.15, 0.2) is 0 Å². The van der Waals surface area contributed by atoms with Gasteiger partial charge in [-0.25, -0.2) is 8.78 Å². The summed E-state index contributed by atoms with van der Waals surface area (Å²) in [6.07, 6.45) is 4.07. The normalized spacial score (nSPS) is 22.0. The first-order valence-electron chi connectivity index (χ1n) is 10.6. The summed E-state index contributed by atoms with van der Waals surface area (Å²) in [6.45, 7) is 1.92. The Morgan fingerprint density at radius 1 is 1.33 bits per heavy atom. The van der Waals surface area contributed by atoms with E-state index in [1.165, 1.54) is 19.2 Å². The number of nitrogens with one attached hydrogen (secondary N) is 1. The molecule has 8 heteroatoms. The number of halogens is 2. The van der Waals surface area contributed by atoms with E-state index < -0.39 is 23.5 Å². The second-order valence-corrected chi connectivity index (χ2v) is 8.30. The maximum absolute atomic E-state index is 14.9. The van der Waals surface area contributed by atoms with E-state index >= 15 is 0 Å². The van der Waals surface area contributed by atoms with Crippen molar-refractivity contribution in [2.45, 2.75) is 50.0 Å². The first-order chi connectivity index (χ1) is 14.4. The van der Waals surface area contributed by atoms with Gasteiger partial charge in [-0.3, -0.25) is 4.79 Å². The molecule has 0 radical (unpaired) electrons. The van der Waals surface area contributed by atoms with Crippen LogP contribution in [0.15, 0.2) is 12.1 Å². The van der Waals surface area contributed by atoms with E-state index in [4.69, 9.17) is 4.74 Å². The van der Waals surface area contributed by atoms with E-state index in [2.05, 4.69) is 5.32 Å². The number of benzene rings is 1. The molecule has 2 aliphatic heterocycles. The van der Waals surface area contributed by atoms with Gasteiger partial charge in [-0.05, 0) is 44.2 Å². The summed E-state index contributed by atoms with van der Waals surface area (Å²) < 4.78 is 35.8. The molecule has 1 aromatic rings. The first-order valence-corrected chi connectivity index (χ1v) is 10.6. The number of likely N-dealkylation sites (N-methyl/N-ethyl adjacent to an activating group) is 1. The van der Waals surface area contributed by atoms with Crippen LogP contribution in [-0.2, 0) is 14.3 Å². The number of amides is 1. The molecule has 0 bridgehead atoms. The SMILES string of the molecule is CNC(=O)C(CCC=O)c1c(F)cc(N2CCC3(CC[C@@H](CO)CO3)CC2)cc1F. The summed E-state index contributed by atoms with van der Waals surface area (Å²) in [5.74, 6) is -2.92. The number of aliphatic hydroxyl groups is 1. The number of piperidine rings is 1. The van der Waals surface area contributed by atoms with Gasteiger partial charge in [0.25, 0.3) is 0 Å². The largest absolute Gasteiger partial charge is 0.396 e. The summed E-state index contributed by atoms with van der Waals surface area (Å²) in [5, 5.41) is 11.7. The van der Waals surface area contributed by atoms with Crippen molar-refractivity contribution in [2.75, 3.05) is 38.3 Å². The zero-order valence-electron chi connectivity index (χ0n) is 17.3. The highest BCUT2D eigenvalue weighted by Gasteiger charge is 2.39. The van der Waals surface area contributed by atoms with Crippen LogP contribution in [0.25, 0.3) is 0 Å². The predicted molar refractivity (Wildman–Crippen MR) is 108 cm³/mol. The fourth-order valence-electron chi connectivity index (χ4n) is 4.53. The molecule has 1 unspecified atom stereocenters. The van der Waals surface area contributed by atoms with Crippen LogP contribution in [0.5, 0.6) is 0 Å². The van der Waals surface area contributed by atoms with Crippen LogP contribution in [0.1, 0.15) is 50.0 Å². The molecule has 1 aromatic carbocycles. The van der Waals surface area contributed by atoms with Crippen LogP contribution >= 0.6 is 0 Å². The minimum atomic E-state index is -1.05. The molecule has 2 fully saturated rings. The molecule has 2 heterocycles. The van der Waals surface area contributed by atoms with Crippen molar-refractivity contribution >= 4 is 17.9 Å². The van der Waals surface area contributed by atoms with Gasteiger partial charge in [0.2, 0.25) is 5.91 Å². The van der Waals surface area contributed by atoms with E-state index in [0.29, 0.717) is 31.7 Å². The van der Waals surface area contributed by atoms with Gasteiger partial charge in [-0.15, -0.1) is 0 Å². The lowest BCUT2D eigenvalue weighted by Crippen LogP contribution is -2.49. The van der Waals surface area contributed by atoms with Crippen LogP contribution in [0.4, 0.5) is 14.5 Å².